The highest BCUT2D eigenvalue weighted by Crippen LogP contribution is 2.30. The summed E-state index contributed by atoms with van der Waals surface area (Å²) < 4.78 is 4.90. The number of nitrogens with one attached hydrogen (secondary N) is 1. The number of aromatic nitrogens is 1. The molecule has 1 aromatic heterocycles. The molecule has 0 amide bonds. The number of carbonyl (C=O) groups excluding carboxylic acids is 1. The van der Waals surface area contributed by atoms with Crippen molar-refractivity contribution in [1.82, 2.24) is 9.88 Å². The minimum Gasteiger partial charge on any atom is -0.462 e. The van der Waals surface area contributed by atoms with Gasteiger partial charge in [-0.2, -0.15) is 0 Å². The lowest BCUT2D eigenvalue weighted by Crippen LogP contribution is -2.36. The van der Waals surface area contributed by atoms with Gasteiger partial charge in [-0.15, -0.1) is 0 Å². The van der Waals surface area contributed by atoms with Crippen LogP contribution in [0.25, 0.3) is 0 Å². The third kappa shape index (κ3) is 2.74. The Morgan fingerprint density at radius 1 is 1.59 bits per heavy atom. The maximum absolute atomic E-state index is 12.6. The molecule has 0 spiro atoms. The van der Waals surface area contributed by atoms with E-state index in [4.69, 9.17) is 10.5 Å². The van der Waals surface area contributed by atoms with Crippen LogP contribution in [0.2, 0.25) is 0 Å². The molecule has 1 atom stereocenters. The Bertz CT molecular complexity index is 714. The van der Waals surface area contributed by atoms with Crippen molar-refractivity contribution in [3.63, 3.8) is 0 Å². The van der Waals surface area contributed by atoms with Gasteiger partial charge in [0, 0.05) is 18.9 Å². The molecule has 7 nitrogen and oxygen atoms in total. The summed E-state index contributed by atoms with van der Waals surface area (Å²) >= 11 is 0. The van der Waals surface area contributed by atoms with Gasteiger partial charge in [0.1, 0.15) is 17.2 Å². The summed E-state index contributed by atoms with van der Waals surface area (Å²) in [6, 6.07) is -0.240. The smallest absolute Gasteiger partial charge is 0.343 e. The van der Waals surface area contributed by atoms with Crippen molar-refractivity contribution >= 4 is 17.6 Å². The average molecular weight is 304 g/mol. The summed E-state index contributed by atoms with van der Waals surface area (Å²) in [6.07, 6.45) is 3.08. The van der Waals surface area contributed by atoms with Gasteiger partial charge in [-0.3, -0.25) is 4.79 Å². The molecule has 1 aliphatic rings. The van der Waals surface area contributed by atoms with Gasteiger partial charge in [0.15, 0.2) is 0 Å². The number of likely N-dealkylation sites (N-methyl/N-ethyl adjacent to an activating group) is 1. The fourth-order valence-electron chi connectivity index (χ4n) is 2.30. The zero-order valence-electron chi connectivity index (χ0n) is 13.1. The monoisotopic (exact) mass is 304 g/mol. The van der Waals surface area contributed by atoms with E-state index in [-0.39, 0.29) is 23.6 Å². The molecular weight excluding hydrogens is 284 g/mol. The Balaban J connectivity index is 2.58. The molecule has 0 saturated carbocycles. The van der Waals surface area contributed by atoms with Crippen molar-refractivity contribution in [1.29, 1.82) is 0 Å². The van der Waals surface area contributed by atoms with Crippen molar-refractivity contribution in [2.45, 2.75) is 26.8 Å². The van der Waals surface area contributed by atoms with Crippen molar-refractivity contribution in [2.75, 3.05) is 13.7 Å². The number of allylic oxidation sites excluding steroid dienone is 1. The average Bonchev–Trinajstić information content (AvgIpc) is 2.44. The Kier molecular flexibility index (Phi) is 4.35. The molecule has 0 radical (unpaired) electrons. The number of ether oxygens (including phenoxy) is 1. The summed E-state index contributed by atoms with van der Waals surface area (Å²) in [5.74, 6) is 0.463. The maximum atomic E-state index is 12.6. The Morgan fingerprint density at radius 3 is 2.86 bits per heavy atom. The molecule has 0 fully saturated rings. The van der Waals surface area contributed by atoms with Crippen LogP contribution in [0.3, 0.4) is 0 Å². The molecule has 118 valence electrons. The van der Waals surface area contributed by atoms with Crippen molar-refractivity contribution < 1.29 is 9.53 Å². The molecule has 0 saturated heterocycles. The second kappa shape index (κ2) is 6.05. The normalized spacial score (nSPS) is 17.8. The lowest BCUT2D eigenvalue weighted by atomic mass is 10.0. The van der Waals surface area contributed by atoms with E-state index in [1.807, 2.05) is 18.9 Å². The summed E-state index contributed by atoms with van der Waals surface area (Å²) in [6.45, 7) is 5.55. The fraction of sp³-hybridized carbons (Fsp3) is 0.400. The van der Waals surface area contributed by atoms with Crippen LogP contribution in [-0.2, 0) is 4.74 Å². The Morgan fingerprint density at radius 2 is 2.27 bits per heavy atom. The van der Waals surface area contributed by atoms with Crippen LogP contribution >= 0.6 is 0 Å². The van der Waals surface area contributed by atoms with E-state index in [9.17, 15) is 9.59 Å². The van der Waals surface area contributed by atoms with Crippen molar-refractivity contribution in [3.8, 4) is 0 Å². The molecule has 3 N–H and O–H groups in total. The predicted octanol–water partition coefficient (Wildman–Crippen LogP) is 1.45. The summed E-state index contributed by atoms with van der Waals surface area (Å²) in [7, 11) is 1.82. The third-order valence-electron chi connectivity index (χ3n) is 3.54. The lowest BCUT2D eigenvalue weighted by Gasteiger charge is -2.31. The van der Waals surface area contributed by atoms with Gasteiger partial charge in [0.2, 0.25) is 5.43 Å². The number of aromatic amines is 1. The highest BCUT2D eigenvalue weighted by Gasteiger charge is 2.28. The van der Waals surface area contributed by atoms with Crippen LogP contribution in [0, 0.1) is 0 Å². The second-order valence-corrected chi connectivity index (χ2v) is 5.16. The SMILES string of the molecule is CCOC(=O)c1c[nH]c2c(c1=O)C(C)N(C)C(/C=C(/C)N)=N2. The van der Waals surface area contributed by atoms with E-state index in [0.29, 0.717) is 22.9 Å². The van der Waals surface area contributed by atoms with Crippen LogP contribution < -0.4 is 11.2 Å². The summed E-state index contributed by atoms with van der Waals surface area (Å²) in [4.78, 5) is 33.5. The zero-order chi connectivity index (χ0) is 16.4. The van der Waals surface area contributed by atoms with Crippen LogP contribution in [-0.4, -0.2) is 35.3 Å². The number of nitrogens with two attached hydrogens (primary N) is 1. The maximum Gasteiger partial charge on any atom is 0.343 e. The van der Waals surface area contributed by atoms with E-state index in [2.05, 4.69) is 9.98 Å². The first-order valence-electron chi connectivity index (χ1n) is 7.04. The summed E-state index contributed by atoms with van der Waals surface area (Å²) in [5, 5.41) is 0. The molecule has 1 aromatic rings. The first kappa shape index (κ1) is 15.8. The number of hydrogen-bond donors (Lipinski definition) is 2. The number of nitrogens with zero attached hydrogens (tertiary/aromatic N) is 2. The number of amidine groups is 1. The highest BCUT2D eigenvalue weighted by atomic mass is 16.5. The molecule has 7 heteroatoms. The number of H-pyrrole nitrogens is 1. The lowest BCUT2D eigenvalue weighted by molar-refractivity contribution is 0.0524. The number of rotatable bonds is 3. The fourth-order valence-corrected chi connectivity index (χ4v) is 2.30. The number of carbonyl (C=O) groups is 1. The first-order chi connectivity index (χ1) is 10.4. The Labute approximate surface area is 128 Å². The van der Waals surface area contributed by atoms with Crippen LogP contribution in [0.15, 0.2) is 27.8 Å². The first-order valence-corrected chi connectivity index (χ1v) is 7.04. The number of aliphatic imine (C=N–C) groups is 1. The van der Waals surface area contributed by atoms with E-state index in [0.717, 1.165) is 0 Å². The molecule has 0 aromatic carbocycles. The van der Waals surface area contributed by atoms with Crippen molar-refractivity contribution in [3.05, 3.63) is 39.3 Å². The van der Waals surface area contributed by atoms with Gasteiger partial charge in [0.25, 0.3) is 0 Å². The molecule has 0 bridgehead atoms. The van der Waals surface area contributed by atoms with Gasteiger partial charge in [-0.1, -0.05) is 0 Å². The van der Waals surface area contributed by atoms with Gasteiger partial charge in [-0.05, 0) is 26.8 Å². The van der Waals surface area contributed by atoms with E-state index in [1.54, 1.807) is 19.9 Å². The summed E-state index contributed by atoms with van der Waals surface area (Å²) in [5.41, 5.74) is 6.39. The minimum atomic E-state index is -0.631. The molecule has 1 unspecified atom stereocenters. The van der Waals surface area contributed by atoms with Crippen LogP contribution in [0.5, 0.6) is 0 Å². The molecule has 2 rings (SSSR count). The molecule has 22 heavy (non-hydrogen) atoms. The van der Waals surface area contributed by atoms with Crippen LogP contribution in [0.1, 0.15) is 42.7 Å². The van der Waals surface area contributed by atoms with Gasteiger partial charge >= 0.3 is 5.97 Å². The number of fused-ring (bicyclic) bond motifs is 1. The van der Waals surface area contributed by atoms with Crippen LogP contribution in [0.4, 0.5) is 5.82 Å². The Hall–Kier alpha value is -2.57. The molecule has 0 aliphatic carbocycles. The molecular formula is C15H20N4O3. The number of esters is 1. The van der Waals surface area contributed by atoms with E-state index >= 15 is 0 Å². The zero-order valence-corrected chi connectivity index (χ0v) is 13.1. The molecule has 2 heterocycles. The third-order valence-corrected chi connectivity index (χ3v) is 3.54. The standard InChI is InChI=1S/C15H20N4O3/c1-5-22-15(21)10-7-17-14-12(13(10)20)9(3)19(4)11(18-14)6-8(2)16/h6-7,9H,5,16H2,1-4H3,(H,17,20)/b8-6-. The largest absolute Gasteiger partial charge is 0.462 e. The van der Waals surface area contributed by atoms with E-state index < -0.39 is 5.97 Å². The van der Waals surface area contributed by atoms with Gasteiger partial charge < -0.3 is 20.4 Å². The molecule has 1 aliphatic heterocycles. The predicted molar refractivity (Wildman–Crippen MR) is 84.2 cm³/mol. The second-order valence-electron chi connectivity index (χ2n) is 5.16. The van der Waals surface area contributed by atoms with Gasteiger partial charge in [0.05, 0.1) is 18.2 Å². The number of pyridine rings is 1. The van der Waals surface area contributed by atoms with Crippen molar-refractivity contribution in [2.24, 2.45) is 10.7 Å². The number of hydrogen-bond acceptors (Lipinski definition) is 6. The topological polar surface area (TPSA) is 101 Å². The quantitative estimate of drug-likeness (QED) is 0.823. The minimum absolute atomic E-state index is 0.00922. The highest BCUT2D eigenvalue weighted by molar-refractivity contribution is 5.97. The van der Waals surface area contributed by atoms with E-state index in [1.165, 1.54) is 6.20 Å². The van der Waals surface area contributed by atoms with Gasteiger partial charge in [-0.25, -0.2) is 9.79 Å².